The molecule has 1 saturated carbocycles. The Morgan fingerprint density at radius 2 is 1.45 bits per heavy atom. The third-order valence-electron chi connectivity index (χ3n) is 16.5. The number of piperazine rings is 1. The number of nitrogens with zero attached hydrogens (tertiary/aromatic N) is 5. The Labute approximate surface area is 497 Å². The van der Waals surface area contributed by atoms with Crippen molar-refractivity contribution < 1.29 is 38.5 Å². The average molecular weight is 1170 g/mol. The van der Waals surface area contributed by atoms with Gasteiger partial charge < -0.3 is 49.7 Å². The van der Waals surface area contributed by atoms with Gasteiger partial charge in [0.15, 0.2) is 0 Å². The smallest absolute Gasteiger partial charge is 0.253 e. The van der Waals surface area contributed by atoms with Gasteiger partial charge in [0.05, 0.1) is 28.8 Å². The minimum Gasteiger partial charge on any atom is -0.391 e. The first-order valence-corrected chi connectivity index (χ1v) is 30.8. The van der Waals surface area contributed by atoms with Gasteiger partial charge in [-0.05, 0) is 110 Å². The molecule has 3 atom stereocenters. The van der Waals surface area contributed by atoms with E-state index >= 15 is 0 Å². The summed E-state index contributed by atoms with van der Waals surface area (Å²) in [6.45, 7) is 19.7. The van der Waals surface area contributed by atoms with Crippen molar-refractivity contribution in [1.82, 2.24) is 45.2 Å². The number of aromatic nitrogens is 3. The summed E-state index contributed by atoms with van der Waals surface area (Å²) in [6.07, 6.45) is 7.44. The molecule has 0 radical (unpaired) electrons. The van der Waals surface area contributed by atoms with Gasteiger partial charge >= 0.3 is 0 Å². The van der Waals surface area contributed by atoms with E-state index < -0.39 is 35.4 Å². The normalized spacial score (nSPS) is 17.5. The predicted molar refractivity (Wildman–Crippen MR) is 328 cm³/mol. The van der Waals surface area contributed by atoms with Crippen LogP contribution in [0.25, 0.3) is 32.5 Å². The Morgan fingerprint density at radius 1 is 0.786 bits per heavy atom. The monoisotopic (exact) mass is 1170 g/mol. The van der Waals surface area contributed by atoms with E-state index in [9.17, 15) is 29.1 Å². The van der Waals surface area contributed by atoms with E-state index in [1.807, 2.05) is 83.5 Å². The molecule has 3 aromatic heterocycles. The number of aliphatic hydroxyl groups is 1. The van der Waals surface area contributed by atoms with Crippen LogP contribution in [0.3, 0.4) is 0 Å². The lowest BCUT2D eigenvalue weighted by molar-refractivity contribution is -0.144. The molecule has 3 fully saturated rings. The Kier molecular flexibility index (Phi) is 21.4. The summed E-state index contributed by atoms with van der Waals surface area (Å²) < 4.78 is 19.8. The van der Waals surface area contributed by atoms with Crippen LogP contribution in [-0.4, -0.2) is 155 Å². The van der Waals surface area contributed by atoms with E-state index in [1.165, 1.54) is 23.3 Å². The number of β-amino-alcohol motifs (C(OH)–C–C–N with tert-alkyl or cyclic N) is 1. The maximum Gasteiger partial charge on any atom is 0.253 e. The Morgan fingerprint density at radius 3 is 2.13 bits per heavy atom. The van der Waals surface area contributed by atoms with E-state index in [-0.39, 0.29) is 50.0 Å². The number of rotatable bonds is 26. The molecule has 19 heteroatoms. The van der Waals surface area contributed by atoms with E-state index in [0.717, 1.165) is 114 Å². The Balaban J connectivity index is 0.630. The van der Waals surface area contributed by atoms with Crippen LogP contribution in [-0.2, 0) is 48.2 Å². The highest BCUT2D eigenvalue weighted by atomic mass is 32.1. The number of amides is 4. The minimum absolute atomic E-state index is 0.00374. The zero-order chi connectivity index (χ0) is 59.3. The predicted octanol–water partition coefficient (Wildman–Crippen LogP) is 7.85. The quantitative estimate of drug-likeness (QED) is 0.0329. The van der Waals surface area contributed by atoms with Crippen molar-refractivity contribution in [2.45, 2.75) is 130 Å². The number of carbonyl (C=O) groups excluding carboxylic acids is 4. The van der Waals surface area contributed by atoms with Crippen LogP contribution in [0, 0.1) is 26.2 Å². The van der Waals surface area contributed by atoms with Crippen LogP contribution in [0.15, 0.2) is 89.3 Å². The van der Waals surface area contributed by atoms with Gasteiger partial charge in [-0.2, -0.15) is 0 Å². The molecule has 0 unspecified atom stereocenters. The highest BCUT2D eigenvalue weighted by molar-refractivity contribution is 7.13. The number of hydrogen-bond donors (Lipinski definition) is 5. The topological polar surface area (TPSA) is 213 Å². The van der Waals surface area contributed by atoms with Crippen LogP contribution >= 0.6 is 11.3 Å². The third-order valence-corrected chi connectivity index (χ3v) is 17.5. The molecular weight excluding hydrogens is 1080 g/mol. The fraction of sp³-hybridized carbons (Fsp3) is 0.508. The van der Waals surface area contributed by atoms with Crippen molar-refractivity contribution in [3.05, 3.63) is 134 Å². The number of aliphatic hydroxyl groups excluding tert-OH is 1. The van der Waals surface area contributed by atoms with Gasteiger partial charge in [0.25, 0.3) is 11.5 Å². The van der Waals surface area contributed by atoms with E-state index in [4.69, 9.17) is 14.2 Å². The summed E-state index contributed by atoms with van der Waals surface area (Å²) in [4.78, 5) is 81.9. The zero-order valence-corrected chi connectivity index (χ0v) is 50.6. The zero-order valence-electron chi connectivity index (χ0n) is 49.8. The number of hydrogen-bond acceptors (Lipinski definition) is 13. The molecule has 3 aromatic carbocycles. The van der Waals surface area contributed by atoms with Gasteiger partial charge in [-0.1, -0.05) is 82.1 Å². The molecule has 0 spiro atoms. The second-order valence-corrected chi connectivity index (χ2v) is 24.8. The first kappa shape index (κ1) is 62.0. The number of likely N-dealkylation sites (tertiary alicyclic amines) is 1. The summed E-state index contributed by atoms with van der Waals surface area (Å²) in [5.74, 6) is -1.42. The number of H-pyrrole nitrogens is 1. The van der Waals surface area contributed by atoms with Crippen molar-refractivity contribution >= 4 is 45.9 Å². The van der Waals surface area contributed by atoms with Gasteiger partial charge in [0, 0.05) is 132 Å². The van der Waals surface area contributed by atoms with Crippen molar-refractivity contribution in [3.63, 3.8) is 0 Å². The Bertz CT molecular complexity index is 3250. The fourth-order valence-electron chi connectivity index (χ4n) is 11.8. The molecule has 5 N–H and O–H groups in total. The lowest BCUT2D eigenvalue weighted by Gasteiger charge is -2.35. The maximum absolute atomic E-state index is 14.0. The molecule has 0 bridgehead atoms. The second kappa shape index (κ2) is 29.0. The van der Waals surface area contributed by atoms with Crippen molar-refractivity contribution in [3.8, 4) is 21.6 Å². The second-order valence-electron chi connectivity index (χ2n) is 24.0. The summed E-state index contributed by atoms with van der Waals surface area (Å²) in [5, 5.41) is 20.4. The van der Waals surface area contributed by atoms with Crippen molar-refractivity contribution in [1.29, 1.82) is 0 Å². The first-order valence-electron chi connectivity index (χ1n) is 29.9. The van der Waals surface area contributed by atoms with Gasteiger partial charge in [0.2, 0.25) is 17.7 Å². The van der Waals surface area contributed by atoms with E-state index in [0.29, 0.717) is 56.6 Å². The molecule has 3 aliphatic rings. The summed E-state index contributed by atoms with van der Waals surface area (Å²) in [5.41, 5.74) is 11.1. The standard InChI is InChI=1S/C65H85N9O9S/c1-43-33-44(2)69-62(78)55(43)38-67-61(77)54-34-50(35-56-53(54)21-22-73(56)51-11-7-8-12-51)48-17-15-47(16-18-48)39-72-25-23-71(24-26-72)27-32-82-30-9-28-81-29-10-31-83-41-58(76)70-60(65(4,5)6)64(80)74-40-52(75)36-57(74)63(79)66-37-46-13-19-49(20-14-46)59-45(3)68-42-84-59/h13-22,33-35,42,51-52,57,60,75H,7-12,23-32,36-41H2,1-6H3,(H,66,79)(H,67,77)(H,69,78)(H,70,76)/t52-,57+,60-/m1/s1. The highest BCUT2D eigenvalue weighted by Crippen LogP contribution is 2.37. The van der Waals surface area contributed by atoms with Gasteiger partial charge in [-0.3, -0.25) is 33.8 Å². The van der Waals surface area contributed by atoms with Gasteiger partial charge in [-0.15, -0.1) is 11.3 Å². The van der Waals surface area contributed by atoms with Crippen molar-refractivity contribution in [2.75, 3.05) is 78.9 Å². The number of benzene rings is 3. The SMILES string of the molecule is Cc1cc(C)c(CNC(=O)c2cc(-c3ccc(CN4CCN(CCOCCCOCCCOCC(=O)N[C@H](C(=O)N5C[C@H](O)C[C@H]5C(=O)NCc5ccc(-c6scnc6C)cc5)C(C)(C)C)CC4)cc3)cc3c2ccn3C2CCCC2)c(=O)[nH]1. The van der Waals surface area contributed by atoms with Gasteiger partial charge in [-0.25, -0.2) is 4.98 Å². The van der Waals surface area contributed by atoms with Crippen LogP contribution in [0.2, 0.25) is 0 Å². The summed E-state index contributed by atoms with van der Waals surface area (Å²) in [7, 11) is 0. The largest absolute Gasteiger partial charge is 0.391 e. The van der Waals surface area contributed by atoms with E-state index in [2.05, 4.69) is 82.9 Å². The average Bonchev–Trinajstić information content (AvgIpc) is 4.52. The van der Waals surface area contributed by atoms with Crippen LogP contribution < -0.4 is 21.5 Å². The number of ether oxygens (including phenoxy) is 3. The number of fused-ring (bicyclic) bond motifs is 1. The lowest BCUT2D eigenvalue weighted by Crippen LogP contribution is -2.58. The van der Waals surface area contributed by atoms with Crippen LogP contribution in [0.5, 0.6) is 0 Å². The highest BCUT2D eigenvalue weighted by Gasteiger charge is 2.44. The molecule has 1 aliphatic carbocycles. The molecule has 18 nitrogen and oxygen atoms in total. The fourth-order valence-corrected chi connectivity index (χ4v) is 12.6. The number of aromatic amines is 1. The molecule has 9 rings (SSSR count). The Hall–Kier alpha value is -6.58. The third kappa shape index (κ3) is 16.2. The van der Waals surface area contributed by atoms with E-state index in [1.54, 1.807) is 11.3 Å². The summed E-state index contributed by atoms with van der Waals surface area (Å²) in [6, 6.07) is 23.5. The van der Waals surface area contributed by atoms with Crippen molar-refractivity contribution in [2.24, 2.45) is 5.41 Å². The lowest BCUT2D eigenvalue weighted by atomic mass is 9.85. The number of nitrogens with one attached hydrogen (secondary N) is 4. The number of pyridine rings is 1. The maximum atomic E-state index is 14.0. The molecule has 5 heterocycles. The first-order chi connectivity index (χ1) is 40.5. The summed E-state index contributed by atoms with van der Waals surface area (Å²) >= 11 is 1.58. The van der Waals surface area contributed by atoms with Crippen LogP contribution in [0.1, 0.15) is 116 Å². The number of aryl methyl sites for hydroxylation is 3. The van der Waals surface area contributed by atoms with Gasteiger partial charge in [0.1, 0.15) is 18.7 Å². The molecule has 450 valence electrons. The molecule has 84 heavy (non-hydrogen) atoms. The molecule has 6 aromatic rings. The molecule has 2 aliphatic heterocycles. The molecule has 2 saturated heterocycles. The van der Waals surface area contributed by atoms with Crippen LogP contribution in [0.4, 0.5) is 0 Å². The number of thiazole rings is 1. The number of carbonyl (C=O) groups is 4. The molecule has 4 amide bonds. The molecular formula is C65H85N9O9S. The minimum atomic E-state index is -0.943.